The maximum absolute atomic E-state index is 12.0. The Labute approximate surface area is 111 Å². The van der Waals surface area contributed by atoms with Gasteiger partial charge in [0.15, 0.2) is 0 Å². The van der Waals surface area contributed by atoms with Gasteiger partial charge >= 0.3 is 12.0 Å². The normalized spacial score (nSPS) is 19.2. The molecule has 1 aliphatic rings. The number of rotatable bonds is 4. The smallest absolute Gasteiger partial charge is 0.321 e. The van der Waals surface area contributed by atoms with Gasteiger partial charge in [-0.1, -0.05) is 0 Å². The van der Waals surface area contributed by atoms with Gasteiger partial charge < -0.3 is 15.3 Å². The van der Waals surface area contributed by atoms with Crippen LogP contribution in [0.25, 0.3) is 0 Å². The summed E-state index contributed by atoms with van der Waals surface area (Å²) in [5.41, 5.74) is 0.637. The summed E-state index contributed by atoms with van der Waals surface area (Å²) >= 11 is 0. The first kappa shape index (κ1) is 13.4. The first-order valence-electron chi connectivity index (χ1n) is 6.41. The molecule has 104 valence electrons. The number of carbonyl (C=O) groups excluding carboxylic acids is 1. The third-order valence-electron chi connectivity index (χ3n) is 3.32. The molecule has 2 heterocycles. The Morgan fingerprint density at radius 3 is 3.11 bits per heavy atom. The lowest BCUT2D eigenvalue weighted by Crippen LogP contribution is -2.42. The molecule has 1 aliphatic heterocycles. The summed E-state index contributed by atoms with van der Waals surface area (Å²) in [4.78, 5) is 24.3. The molecule has 7 nitrogen and oxygen atoms in total. The molecular formula is C12H18N4O3. The average molecular weight is 266 g/mol. The third kappa shape index (κ3) is 3.97. The van der Waals surface area contributed by atoms with E-state index in [-0.39, 0.29) is 18.4 Å². The average Bonchev–Trinajstić information content (AvgIpc) is 2.89. The van der Waals surface area contributed by atoms with Gasteiger partial charge in [0.2, 0.25) is 0 Å². The monoisotopic (exact) mass is 266 g/mol. The number of carboxylic acid groups (broad SMARTS) is 1. The highest BCUT2D eigenvalue weighted by Crippen LogP contribution is 2.21. The van der Waals surface area contributed by atoms with Crippen LogP contribution in [0.5, 0.6) is 0 Å². The van der Waals surface area contributed by atoms with E-state index >= 15 is 0 Å². The number of nitrogens with zero attached hydrogens (tertiary/aromatic N) is 2. The number of hydrogen-bond donors (Lipinski definition) is 3. The molecule has 3 N–H and O–H groups in total. The van der Waals surface area contributed by atoms with Crippen LogP contribution in [0.3, 0.4) is 0 Å². The lowest BCUT2D eigenvalue weighted by molar-refractivity contribution is -0.137. The fraction of sp³-hybridized carbons (Fsp3) is 0.583. The van der Waals surface area contributed by atoms with E-state index in [2.05, 4.69) is 15.5 Å². The van der Waals surface area contributed by atoms with Crippen LogP contribution in [0, 0.1) is 5.92 Å². The molecule has 1 unspecified atom stereocenters. The van der Waals surface area contributed by atoms with Crippen LogP contribution in [-0.2, 0) is 4.79 Å². The quantitative estimate of drug-likeness (QED) is 0.769. The number of anilines is 1. The van der Waals surface area contributed by atoms with Gasteiger partial charge in [-0.2, -0.15) is 5.10 Å². The number of aromatic amines is 1. The van der Waals surface area contributed by atoms with E-state index < -0.39 is 5.97 Å². The largest absolute Gasteiger partial charge is 0.481 e. The van der Waals surface area contributed by atoms with E-state index in [1.165, 1.54) is 0 Å². The van der Waals surface area contributed by atoms with E-state index in [1.807, 2.05) is 0 Å². The van der Waals surface area contributed by atoms with Crippen molar-refractivity contribution in [3.63, 3.8) is 0 Å². The van der Waals surface area contributed by atoms with Crippen LogP contribution in [-0.4, -0.2) is 45.3 Å². The Morgan fingerprint density at radius 1 is 1.58 bits per heavy atom. The summed E-state index contributed by atoms with van der Waals surface area (Å²) in [6.45, 7) is 1.34. The lowest BCUT2D eigenvalue weighted by Gasteiger charge is -2.32. The Morgan fingerprint density at radius 2 is 2.42 bits per heavy atom. The molecule has 7 heteroatoms. The molecule has 1 saturated heterocycles. The van der Waals surface area contributed by atoms with Gasteiger partial charge in [-0.05, 0) is 25.2 Å². The first-order chi connectivity index (χ1) is 9.15. The minimum absolute atomic E-state index is 0.151. The number of piperidine rings is 1. The number of H-pyrrole nitrogens is 1. The summed E-state index contributed by atoms with van der Waals surface area (Å²) in [5.74, 6) is -0.500. The summed E-state index contributed by atoms with van der Waals surface area (Å²) in [7, 11) is 0. The summed E-state index contributed by atoms with van der Waals surface area (Å²) in [6.07, 6.45) is 5.87. The first-order valence-corrected chi connectivity index (χ1v) is 6.41. The van der Waals surface area contributed by atoms with Crippen molar-refractivity contribution >= 4 is 17.7 Å². The Bertz CT molecular complexity index is 432. The minimum Gasteiger partial charge on any atom is -0.481 e. The van der Waals surface area contributed by atoms with Crippen LogP contribution in [0.2, 0.25) is 0 Å². The topological polar surface area (TPSA) is 98.3 Å². The van der Waals surface area contributed by atoms with Gasteiger partial charge in [0, 0.05) is 25.7 Å². The lowest BCUT2D eigenvalue weighted by atomic mass is 9.93. The fourth-order valence-electron chi connectivity index (χ4n) is 2.33. The molecule has 0 radical (unpaired) electrons. The van der Waals surface area contributed by atoms with E-state index in [0.717, 1.165) is 12.8 Å². The second kappa shape index (κ2) is 6.21. The maximum atomic E-state index is 12.0. The van der Waals surface area contributed by atoms with Crippen molar-refractivity contribution in [1.29, 1.82) is 0 Å². The zero-order valence-electron chi connectivity index (χ0n) is 10.6. The van der Waals surface area contributed by atoms with Crippen molar-refractivity contribution in [2.45, 2.75) is 25.7 Å². The Hall–Kier alpha value is -2.05. The number of carbonyl (C=O) groups is 2. The van der Waals surface area contributed by atoms with Crippen molar-refractivity contribution in [3.8, 4) is 0 Å². The van der Waals surface area contributed by atoms with Crippen molar-refractivity contribution in [1.82, 2.24) is 15.1 Å². The van der Waals surface area contributed by atoms with Gasteiger partial charge in [0.25, 0.3) is 0 Å². The van der Waals surface area contributed by atoms with E-state index in [0.29, 0.717) is 25.2 Å². The second-order valence-electron chi connectivity index (χ2n) is 4.80. The van der Waals surface area contributed by atoms with E-state index in [9.17, 15) is 9.59 Å². The number of nitrogens with one attached hydrogen (secondary N) is 2. The van der Waals surface area contributed by atoms with Crippen molar-refractivity contribution in [2.24, 2.45) is 5.92 Å². The van der Waals surface area contributed by atoms with Crippen molar-refractivity contribution in [3.05, 3.63) is 12.4 Å². The standard InChI is InChI=1S/C12H18N4O3/c17-11(18)4-3-9-2-1-5-16(8-9)12(19)15-10-6-13-14-7-10/h6-7,9H,1-5,8H2,(H,13,14)(H,15,19)(H,17,18). The molecule has 1 aromatic rings. The second-order valence-corrected chi connectivity index (χ2v) is 4.80. The van der Waals surface area contributed by atoms with Crippen LogP contribution >= 0.6 is 0 Å². The number of aliphatic carboxylic acids is 1. The number of urea groups is 1. The summed E-state index contributed by atoms with van der Waals surface area (Å²) < 4.78 is 0. The molecular weight excluding hydrogens is 248 g/mol. The van der Waals surface area contributed by atoms with E-state index in [1.54, 1.807) is 17.3 Å². The Kier molecular flexibility index (Phi) is 4.38. The highest BCUT2D eigenvalue weighted by Gasteiger charge is 2.24. The maximum Gasteiger partial charge on any atom is 0.321 e. The molecule has 0 aliphatic carbocycles. The molecule has 2 amide bonds. The zero-order valence-corrected chi connectivity index (χ0v) is 10.6. The van der Waals surface area contributed by atoms with Crippen LogP contribution in [0.1, 0.15) is 25.7 Å². The predicted octanol–water partition coefficient (Wildman–Crippen LogP) is 1.52. The number of likely N-dealkylation sites (tertiary alicyclic amines) is 1. The number of aromatic nitrogens is 2. The van der Waals surface area contributed by atoms with Gasteiger partial charge in [-0.3, -0.25) is 9.89 Å². The predicted molar refractivity (Wildman–Crippen MR) is 68.8 cm³/mol. The van der Waals surface area contributed by atoms with Crippen LogP contribution < -0.4 is 5.32 Å². The van der Waals surface area contributed by atoms with Crippen LogP contribution in [0.4, 0.5) is 10.5 Å². The molecule has 19 heavy (non-hydrogen) atoms. The molecule has 1 aromatic heterocycles. The number of hydrogen-bond acceptors (Lipinski definition) is 3. The highest BCUT2D eigenvalue weighted by molar-refractivity contribution is 5.89. The molecule has 0 bridgehead atoms. The zero-order chi connectivity index (χ0) is 13.7. The van der Waals surface area contributed by atoms with Crippen LogP contribution in [0.15, 0.2) is 12.4 Å². The molecule has 1 fully saturated rings. The van der Waals surface area contributed by atoms with Crippen molar-refractivity contribution in [2.75, 3.05) is 18.4 Å². The molecule has 0 saturated carbocycles. The highest BCUT2D eigenvalue weighted by atomic mass is 16.4. The van der Waals surface area contributed by atoms with Crippen molar-refractivity contribution < 1.29 is 14.7 Å². The molecule has 0 aromatic carbocycles. The van der Waals surface area contributed by atoms with E-state index in [4.69, 9.17) is 5.11 Å². The third-order valence-corrected chi connectivity index (χ3v) is 3.32. The molecule has 0 spiro atoms. The number of amides is 2. The van der Waals surface area contributed by atoms with Gasteiger partial charge in [-0.25, -0.2) is 4.79 Å². The summed E-state index contributed by atoms with van der Waals surface area (Å²) in [5, 5.41) is 17.8. The van der Waals surface area contributed by atoms with Gasteiger partial charge in [-0.15, -0.1) is 0 Å². The molecule has 1 atom stereocenters. The number of carboxylic acids is 1. The van der Waals surface area contributed by atoms with Gasteiger partial charge in [0.05, 0.1) is 11.9 Å². The SMILES string of the molecule is O=C(O)CCC1CCCN(C(=O)Nc2cn[nH]c2)C1. The minimum atomic E-state index is -0.778. The van der Waals surface area contributed by atoms with Gasteiger partial charge in [0.1, 0.15) is 0 Å². The fourth-order valence-corrected chi connectivity index (χ4v) is 2.33. The summed E-state index contributed by atoms with van der Waals surface area (Å²) in [6, 6.07) is -0.151. The molecule has 2 rings (SSSR count). The Balaban J connectivity index is 1.82.